The molecular formula is C17H16BrN3OS. The second kappa shape index (κ2) is 6.09. The number of aromatic nitrogens is 2. The average Bonchev–Trinajstić information content (AvgIpc) is 2.93. The number of anilines is 1. The van der Waals surface area contributed by atoms with Crippen LogP contribution in [0.15, 0.2) is 33.5 Å². The van der Waals surface area contributed by atoms with E-state index in [0.29, 0.717) is 12.4 Å². The summed E-state index contributed by atoms with van der Waals surface area (Å²) in [6.45, 7) is 0.509. The van der Waals surface area contributed by atoms with Crippen molar-refractivity contribution in [1.82, 2.24) is 9.97 Å². The largest absolute Gasteiger partial charge is 0.378 e. The first-order valence-corrected chi connectivity index (χ1v) is 9.34. The molecule has 0 spiro atoms. The van der Waals surface area contributed by atoms with Gasteiger partial charge in [0.2, 0.25) is 0 Å². The Morgan fingerprint density at radius 3 is 2.83 bits per heavy atom. The molecule has 23 heavy (non-hydrogen) atoms. The molecule has 0 radical (unpaired) electrons. The Morgan fingerprint density at radius 2 is 2.00 bits per heavy atom. The number of hydrogen-bond acceptors (Lipinski definition) is 4. The molecule has 0 amide bonds. The van der Waals surface area contributed by atoms with Crippen LogP contribution in [-0.2, 0) is 19.4 Å². The second-order valence-electron chi connectivity index (χ2n) is 5.76. The fourth-order valence-electron chi connectivity index (χ4n) is 3.05. The molecule has 4 nitrogen and oxygen atoms in total. The van der Waals surface area contributed by atoms with Gasteiger partial charge in [-0.15, -0.1) is 11.3 Å². The van der Waals surface area contributed by atoms with Gasteiger partial charge in [-0.2, -0.15) is 0 Å². The summed E-state index contributed by atoms with van der Waals surface area (Å²) in [6, 6.07) is 7.94. The lowest BCUT2D eigenvalue weighted by Gasteiger charge is -2.09. The highest BCUT2D eigenvalue weighted by Gasteiger charge is 2.19. The molecule has 2 heterocycles. The molecule has 118 valence electrons. The molecule has 2 aromatic heterocycles. The molecule has 0 saturated heterocycles. The Kier molecular flexibility index (Phi) is 3.95. The molecule has 1 aromatic carbocycles. The van der Waals surface area contributed by atoms with Gasteiger partial charge >= 0.3 is 0 Å². The summed E-state index contributed by atoms with van der Waals surface area (Å²) in [5, 5.41) is 4.11. The highest BCUT2D eigenvalue weighted by Crippen LogP contribution is 2.33. The van der Waals surface area contributed by atoms with Crippen LogP contribution in [0.1, 0.15) is 29.1 Å². The van der Waals surface area contributed by atoms with Crippen LogP contribution in [0, 0.1) is 0 Å². The molecule has 0 bridgehead atoms. The number of fused-ring (bicyclic) bond motifs is 3. The van der Waals surface area contributed by atoms with Crippen LogP contribution in [-0.4, -0.2) is 9.97 Å². The standard InChI is InChI=1S/C17H16BrN3OS/c18-10-5-7-11(8-6-10)19-9-14-20-16(22)15-12-3-1-2-4-13(12)23-17(15)21-14/h5-8,19H,1-4,9H2,(H,20,21,22). The number of benzene rings is 1. The number of H-pyrrole nitrogens is 1. The smallest absolute Gasteiger partial charge is 0.259 e. The minimum absolute atomic E-state index is 0.00186. The first-order chi connectivity index (χ1) is 11.2. The summed E-state index contributed by atoms with van der Waals surface area (Å²) in [6.07, 6.45) is 4.49. The van der Waals surface area contributed by atoms with Crippen LogP contribution in [0.4, 0.5) is 5.69 Å². The van der Waals surface area contributed by atoms with Crippen LogP contribution in [0.2, 0.25) is 0 Å². The number of nitrogens with one attached hydrogen (secondary N) is 2. The van der Waals surface area contributed by atoms with Crippen molar-refractivity contribution in [2.75, 3.05) is 5.32 Å². The lowest BCUT2D eigenvalue weighted by atomic mass is 9.97. The summed E-state index contributed by atoms with van der Waals surface area (Å²) < 4.78 is 1.04. The summed E-state index contributed by atoms with van der Waals surface area (Å²) in [7, 11) is 0. The van der Waals surface area contributed by atoms with E-state index in [-0.39, 0.29) is 5.56 Å². The van der Waals surface area contributed by atoms with Gasteiger partial charge in [0.15, 0.2) is 0 Å². The number of halogens is 1. The number of hydrogen-bond donors (Lipinski definition) is 2. The molecule has 0 aliphatic heterocycles. The summed E-state index contributed by atoms with van der Waals surface area (Å²) in [5.74, 6) is 0.684. The molecule has 3 aromatic rings. The number of thiophene rings is 1. The number of aryl methyl sites for hydroxylation is 2. The lowest BCUT2D eigenvalue weighted by Crippen LogP contribution is -2.15. The molecule has 0 unspecified atom stereocenters. The normalized spacial score (nSPS) is 14.0. The van der Waals surface area contributed by atoms with Crippen molar-refractivity contribution in [2.45, 2.75) is 32.2 Å². The summed E-state index contributed by atoms with van der Waals surface area (Å²) >= 11 is 5.11. The van der Waals surface area contributed by atoms with E-state index in [1.165, 1.54) is 23.3 Å². The summed E-state index contributed by atoms with van der Waals surface area (Å²) in [4.78, 5) is 22.3. The van der Waals surface area contributed by atoms with Crippen molar-refractivity contribution in [3.63, 3.8) is 0 Å². The maximum Gasteiger partial charge on any atom is 0.259 e. The van der Waals surface area contributed by atoms with Gasteiger partial charge in [-0.05, 0) is 55.5 Å². The number of rotatable bonds is 3. The fraction of sp³-hybridized carbons (Fsp3) is 0.294. The van der Waals surface area contributed by atoms with E-state index in [0.717, 1.165) is 33.2 Å². The molecule has 0 fully saturated rings. The van der Waals surface area contributed by atoms with E-state index >= 15 is 0 Å². The Hall–Kier alpha value is -1.66. The van der Waals surface area contributed by atoms with Crippen LogP contribution in [0.3, 0.4) is 0 Å². The van der Waals surface area contributed by atoms with E-state index in [9.17, 15) is 4.79 Å². The maximum absolute atomic E-state index is 12.5. The zero-order valence-corrected chi connectivity index (χ0v) is 14.9. The minimum Gasteiger partial charge on any atom is -0.378 e. The molecule has 0 saturated carbocycles. The SMILES string of the molecule is O=c1[nH]c(CNc2ccc(Br)cc2)nc2sc3c(c12)CCCC3. The zero-order valence-electron chi connectivity index (χ0n) is 12.5. The minimum atomic E-state index is 0.00186. The highest BCUT2D eigenvalue weighted by atomic mass is 79.9. The van der Waals surface area contributed by atoms with E-state index in [1.54, 1.807) is 11.3 Å². The van der Waals surface area contributed by atoms with Crippen molar-refractivity contribution in [1.29, 1.82) is 0 Å². The monoisotopic (exact) mass is 389 g/mol. The van der Waals surface area contributed by atoms with Crippen molar-refractivity contribution in [3.8, 4) is 0 Å². The molecular weight excluding hydrogens is 374 g/mol. The van der Waals surface area contributed by atoms with Crippen LogP contribution in [0.5, 0.6) is 0 Å². The predicted octanol–water partition coefficient (Wildman–Crippen LogP) is 4.24. The summed E-state index contributed by atoms with van der Waals surface area (Å²) in [5.41, 5.74) is 2.24. The first-order valence-electron chi connectivity index (χ1n) is 7.73. The molecule has 2 N–H and O–H groups in total. The van der Waals surface area contributed by atoms with Gasteiger partial charge in [-0.1, -0.05) is 15.9 Å². The quantitative estimate of drug-likeness (QED) is 0.704. The van der Waals surface area contributed by atoms with Crippen molar-refractivity contribution in [3.05, 3.63) is 55.4 Å². The van der Waals surface area contributed by atoms with E-state index in [1.807, 2.05) is 24.3 Å². The van der Waals surface area contributed by atoms with Gasteiger partial charge in [-0.3, -0.25) is 4.79 Å². The van der Waals surface area contributed by atoms with E-state index in [2.05, 4.69) is 31.2 Å². The first kappa shape index (κ1) is 14.9. The van der Waals surface area contributed by atoms with Crippen molar-refractivity contribution in [2.24, 2.45) is 0 Å². The molecule has 1 aliphatic rings. The lowest BCUT2D eigenvalue weighted by molar-refractivity contribution is 0.700. The van der Waals surface area contributed by atoms with E-state index in [4.69, 9.17) is 0 Å². The van der Waals surface area contributed by atoms with Crippen LogP contribution >= 0.6 is 27.3 Å². The Balaban J connectivity index is 1.63. The zero-order chi connectivity index (χ0) is 15.8. The third-order valence-electron chi connectivity index (χ3n) is 4.18. The maximum atomic E-state index is 12.5. The molecule has 1 aliphatic carbocycles. The van der Waals surface area contributed by atoms with Crippen LogP contribution < -0.4 is 10.9 Å². The van der Waals surface area contributed by atoms with Gasteiger partial charge in [0, 0.05) is 15.0 Å². The van der Waals surface area contributed by atoms with Gasteiger partial charge in [0.1, 0.15) is 10.7 Å². The van der Waals surface area contributed by atoms with Gasteiger partial charge in [-0.25, -0.2) is 4.98 Å². The number of aromatic amines is 1. The van der Waals surface area contributed by atoms with Crippen LogP contribution in [0.25, 0.3) is 10.2 Å². The van der Waals surface area contributed by atoms with Gasteiger partial charge < -0.3 is 10.3 Å². The van der Waals surface area contributed by atoms with E-state index < -0.39 is 0 Å². The topological polar surface area (TPSA) is 57.8 Å². The third-order valence-corrected chi connectivity index (χ3v) is 5.89. The Morgan fingerprint density at radius 1 is 1.22 bits per heavy atom. The number of nitrogens with zero attached hydrogens (tertiary/aromatic N) is 1. The molecule has 6 heteroatoms. The average molecular weight is 390 g/mol. The molecule has 4 rings (SSSR count). The molecule has 0 atom stereocenters. The van der Waals surface area contributed by atoms with Crippen molar-refractivity contribution < 1.29 is 0 Å². The Labute approximate surface area is 146 Å². The van der Waals surface area contributed by atoms with Crippen molar-refractivity contribution >= 4 is 43.2 Å². The van der Waals surface area contributed by atoms with Gasteiger partial charge in [0.05, 0.1) is 11.9 Å². The highest BCUT2D eigenvalue weighted by molar-refractivity contribution is 9.10. The fourth-order valence-corrected chi connectivity index (χ4v) is 4.59. The van der Waals surface area contributed by atoms with Gasteiger partial charge in [0.25, 0.3) is 5.56 Å². The predicted molar refractivity (Wildman–Crippen MR) is 98.4 cm³/mol. The Bertz CT molecular complexity index is 914. The second-order valence-corrected chi connectivity index (χ2v) is 7.76. The third kappa shape index (κ3) is 2.93.